The van der Waals surface area contributed by atoms with Crippen LogP contribution in [-0.2, 0) is 0 Å². The van der Waals surface area contributed by atoms with Gasteiger partial charge >= 0.3 is 0 Å². The van der Waals surface area contributed by atoms with Crippen LogP contribution in [0, 0.1) is 5.92 Å². The van der Waals surface area contributed by atoms with Gasteiger partial charge < -0.3 is 10.6 Å². The minimum atomic E-state index is 0.742. The molecule has 106 valence electrons. The van der Waals surface area contributed by atoms with E-state index in [0.29, 0.717) is 0 Å². The van der Waals surface area contributed by atoms with Gasteiger partial charge in [-0.1, -0.05) is 26.2 Å². The van der Waals surface area contributed by atoms with Gasteiger partial charge in [0.1, 0.15) is 0 Å². The van der Waals surface area contributed by atoms with Gasteiger partial charge in [-0.15, -0.1) is 0 Å². The molecule has 1 saturated heterocycles. The zero-order chi connectivity index (χ0) is 12.8. The molecule has 3 heteroatoms. The summed E-state index contributed by atoms with van der Waals surface area (Å²) in [5.74, 6) is 0.883. The van der Waals surface area contributed by atoms with Crippen molar-refractivity contribution >= 4 is 11.8 Å². The molecule has 0 radical (unpaired) electrons. The Hall–Kier alpha value is 0.270. The lowest BCUT2D eigenvalue weighted by molar-refractivity contribution is 0.183. The second-order valence-corrected chi connectivity index (χ2v) is 7.34. The molecule has 0 aromatic rings. The van der Waals surface area contributed by atoms with E-state index < -0.39 is 0 Å². The van der Waals surface area contributed by atoms with Crippen molar-refractivity contribution in [1.82, 2.24) is 10.6 Å². The van der Waals surface area contributed by atoms with Crippen LogP contribution in [0.15, 0.2) is 0 Å². The predicted octanol–water partition coefficient (Wildman–Crippen LogP) is 3.03. The number of hydrogen-bond donors (Lipinski definition) is 2. The summed E-state index contributed by atoms with van der Waals surface area (Å²) in [6.07, 6.45) is 12.1. The van der Waals surface area contributed by atoms with Crippen molar-refractivity contribution in [1.29, 1.82) is 0 Å². The van der Waals surface area contributed by atoms with Crippen LogP contribution >= 0.6 is 11.8 Å². The number of nitrogens with one attached hydrogen (secondary N) is 2. The van der Waals surface area contributed by atoms with E-state index in [2.05, 4.69) is 23.8 Å². The highest BCUT2D eigenvalue weighted by Gasteiger charge is 2.32. The van der Waals surface area contributed by atoms with Crippen molar-refractivity contribution in [2.75, 3.05) is 19.3 Å². The molecule has 1 aliphatic heterocycles. The smallest absolute Gasteiger partial charge is 0.0141 e. The molecule has 0 aromatic heterocycles. The molecule has 0 bridgehead atoms. The van der Waals surface area contributed by atoms with Crippen LogP contribution < -0.4 is 10.6 Å². The summed E-state index contributed by atoms with van der Waals surface area (Å²) in [6, 6.07) is 1.56. The molecule has 4 unspecified atom stereocenters. The maximum absolute atomic E-state index is 3.86. The van der Waals surface area contributed by atoms with Crippen molar-refractivity contribution in [3.05, 3.63) is 0 Å². The Morgan fingerprint density at radius 1 is 1.17 bits per heavy atom. The van der Waals surface area contributed by atoms with Gasteiger partial charge in [-0.3, -0.25) is 0 Å². The molecule has 0 aromatic carbocycles. The van der Waals surface area contributed by atoms with Crippen LogP contribution in [0.3, 0.4) is 0 Å². The molecule has 0 spiro atoms. The largest absolute Gasteiger partial charge is 0.314 e. The fraction of sp³-hybridized carbons (Fsp3) is 1.00. The molecule has 1 aliphatic carbocycles. The van der Waals surface area contributed by atoms with Crippen molar-refractivity contribution in [2.45, 2.75) is 69.2 Å². The van der Waals surface area contributed by atoms with E-state index in [0.717, 1.165) is 23.3 Å². The minimum Gasteiger partial charge on any atom is -0.314 e. The number of piperidine rings is 1. The van der Waals surface area contributed by atoms with E-state index in [9.17, 15) is 0 Å². The summed E-state index contributed by atoms with van der Waals surface area (Å²) in [5, 5.41) is 8.38. The standard InChI is InChI=1S/C15H30N2S/c1-12(18-2)11-17-15-8-4-3-7-13(15)14-9-5-6-10-16-14/h12-17H,3-11H2,1-2H3. The third kappa shape index (κ3) is 4.14. The SMILES string of the molecule is CSC(C)CNC1CCCCC1C1CCCCN1. The zero-order valence-electron chi connectivity index (χ0n) is 12.1. The maximum Gasteiger partial charge on any atom is 0.0141 e. The maximum atomic E-state index is 3.86. The quantitative estimate of drug-likeness (QED) is 0.803. The molecule has 2 nitrogen and oxygen atoms in total. The fourth-order valence-electron chi connectivity index (χ4n) is 3.54. The number of hydrogen-bond acceptors (Lipinski definition) is 3. The van der Waals surface area contributed by atoms with E-state index in [1.807, 2.05) is 11.8 Å². The topological polar surface area (TPSA) is 24.1 Å². The van der Waals surface area contributed by atoms with Gasteiger partial charge in [0.2, 0.25) is 0 Å². The average Bonchev–Trinajstić information content (AvgIpc) is 2.46. The van der Waals surface area contributed by atoms with E-state index in [1.165, 1.54) is 58.0 Å². The zero-order valence-corrected chi connectivity index (χ0v) is 12.9. The first-order valence-electron chi connectivity index (χ1n) is 7.81. The Morgan fingerprint density at radius 2 is 1.94 bits per heavy atom. The van der Waals surface area contributed by atoms with Crippen LogP contribution in [0.1, 0.15) is 51.9 Å². The predicted molar refractivity (Wildman–Crippen MR) is 82.4 cm³/mol. The third-order valence-electron chi connectivity index (χ3n) is 4.75. The Morgan fingerprint density at radius 3 is 2.67 bits per heavy atom. The first kappa shape index (κ1) is 14.7. The molecule has 2 fully saturated rings. The van der Waals surface area contributed by atoms with Gasteiger partial charge in [-0.25, -0.2) is 0 Å². The van der Waals surface area contributed by atoms with E-state index in [4.69, 9.17) is 0 Å². The van der Waals surface area contributed by atoms with Crippen LogP contribution in [0.5, 0.6) is 0 Å². The Labute approximate surface area is 117 Å². The molecule has 0 amide bonds. The lowest BCUT2D eigenvalue weighted by Crippen LogP contribution is -2.51. The normalized spacial score (nSPS) is 35.3. The third-order valence-corrected chi connectivity index (χ3v) is 5.73. The van der Waals surface area contributed by atoms with E-state index >= 15 is 0 Å². The van der Waals surface area contributed by atoms with E-state index in [1.54, 1.807) is 0 Å². The van der Waals surface area contributed by atoms with Crippen molar-refractivity contribution in [3.8, 4) is 0 Å². The molecule has 4 atom stereocenters. The van der Waals surface area contributed by atoms with Crippen molar-refractivity contribution < 1.29 is 0 Å². The highest BCUT2D eigenvalue weighted by Crippen LogP contribution is 2.30. The monoisotopic (exact) mass is 270 g/mol. The van der Waals surface area contributed by atoms with Crippen molar-refractivity contribution in [2.24, 2.45) is 5.92 Å². The van der Waals surface area contributed by atoms with Gasteiger partial charge in [0.05, 0.1) is 0 Å². The molecular formula is C15H30N2S. The first-order chi connectivity index (χ1) is 8.81. The second kappa shape index (κ2) is 7.76. The van der Waals surface area contributed by atoms with Crippen LogP contribution in [-0.4, -0.2) is 36.7 Å². The Balaban J connectivity index is 1.84. The Kier molecular flexibility index (Phi) is 6.33. The summed E-state index contributed by atoms with van der Waals surface area (Å²) in [4.78, 5) is 0. The van der Waals surface area contributed by atoms with Crippen LogP contribution in [0.4, 0.5) is 0 Å². The van der Waals surface area contributed by atoms with Crippen LogP contribution in [0.25, 0.3) is 0 Å². The number of thioether (sulfide) groups is 1. The molecule has 1 heterocycles. The molecule has 2 rings (SSSR count). The Bertz CT molecular complexity index is 229. The molecule has 1 saturated carbocycles. The summed E-state index contributed by atoms with van der Waals surface area (Å²) in [7, 11) is 0. The van der Waals surface area contributed by atoms with Gasteiger partial charge in [0.15, 0.2) is 0 Å². The minimum absolute atomic E-state index is 0.742. The summed E-state index contributed by atoms with van der Waals surface area (Å²) < 4.78 is 0. The van der Waals surface area contributed by atoms with E-state index in [-0.39, 0.29) is 0 Å². The summed E-state index contributed by atoms with van der Waals surface area (Å²) in [6.45, 7) is 4.75. The molecular weight excluding hydrogens is 240 g/mol. The van der Waals surface area contributed by atoms with Crippen molar-refractivity contribution in [3.63, 3.8) is 0 Å². The fourth-order valence-corrected chi connectivity index (χ4v) is 3.80. The lowest BCUT2D eigenvalue weighted by atomic mass is 9.77. The average molecular weight is 270 g/mol. The molecule has 18 heavy (non-hydrogen) atoms. The number of rotatable bonds is 5. The molecule has 2 aliphatic rings. The highest BCUT2D eigenvalue weighted by atomic mass is 32.2. The second-order valence-electron chi connectivity index (χ2n) is 6.07. The van der Waals surface area contributed by atoms with Gasteiger partial charge in [-0.2, -0.15) is 11.8 Å². The summed E-state index contributed by atoms with van der Waals surface area (Å²) in [5.41, 5.74) is 0. The summed E-state index contributed by atoms with van der Waals surface area (Å²) >= 11 is 1.97. The van der Waals surface area contributed by atoms with Gasteiger partial charge in [0, 0.05) is 23.9 Å². The van der Waals surface area contributed by atoms with Gasteiger partial charge in [0.25, 0.3) is 0 Å². The first-order valence-corrected chi connectivity index (χ1v) is 9.09. The lowest BCUT2D eigenvalue weighted by Gasteiger charge is -2.40. The molecule has 2 N–H and O–H groups in total. The van der Waals surface area contributed by atoms with Gasteiger partial charge in [-0.05, 0) is 44.4 Å². The highest BCUT2D eigenvalue weighted by molar-refractivity contribution is 7.99. The van der Waals surface area contributed by atoms with Crippen LogP contribution in [0.2, 0.25) is 0 Å².